The molecule has 3 rings (SSSR count). The zero-order valence-corrected chi connectivity index (χ0v) is 15.3. The molecule has 1 heterocycles. The monoisotopic (exact) mass is 378 g/mol. The molecule has 0 aromatic heterocycles. The van der Waals surface area contributed by atoms with Gasteiger partial charge < -0.3 is 15.0 Å². The SMILES string of the molecule is O=C(CCc1c(Cl)cccc1Cl)Nc1ccc(N2CCOCC2)cc1. The van der Waals surface area contributed by atoms with E-state index in [2.05, 4.69) is 10.2 Å². The maximum absolute atomic E-state index is 12.2. The third kappa shape index (κ3) is 4.88. The summed E-state index contributed by atoms with van der Waals surface area (Å²) in [6.45, 7) is 3.29. The Hall–Kier alpha value is -1.75. The van der Waals surface area contributed by atoms with Gasteiger partial charge in [-0.3, -0.25) is 4.79 Å². The molecule has 6 heteroatoms. The van der Waals surface area contributed by atoms with Crippen LogP contribution in [0.5, 0.6) is 0 Å². The second-order valence-electron chi connectivity index (χ2n) is 5.89. The van der Waals surface area contributed by atoms with Crippen LogP contribution in [0.2, 0.25) is 10.0 Å². The van der Waals surface area contributed by atoms with E-state index in [-0.39, 0.29) is 5.91 Å². The van der Waals surface area contributed by atoms with Crippen LogP contribution < -0.4 is 10.2 Å². The lowest BCUT2D eigenvalue weighted by Gasteiger charge is -2.28. The first kappa shape index (κ1) is 18.1. The van der Waals surface area contributed by atoms with E-state index in [0.717, 1.165) is 43.2 Å². The number of nitrogens with one attached hydrogen (secondary N) is 1. The zero-order valence-electron chi connectivity index (χ0n) is 13.8. The molecule has 0 bridgehead atoms. The van der Waals surface area contributed by atoms with Crippen molar-refractivity contribution in [3.8, 4) is 0 Å². The first-order valence-electron chi connectivity index (χ1n) is 8.29. The molecule has 1 aliphatic rings. The smallest absolute Gasteiger partial charge is 0.224 e. The minimum atomic E-state index is -0.0601. The Morgan fingerprint density at radius 1 is 1.04 bits per heavy atom. The Kier molecular flexibility index (Phi) is 6.19. The van der Waals surface area contributed by atoms with E-state index < -0.39 is 0 Å². The van der Waals surface area contributed by atoms with Crippen LogP contribution >= 0.6 is 23.2 Å². The molecule has 1 fully saturated rings. The maximum atomic E-state index is 12.2. The van der Waals surface area contributed by atoms with Crippen molar-refractivity contribution in [2.24, 2.45) is 0 Å². The van der Waals surface area contributed by atoms with Gasteiger partial charge in [0.05, 0.1) is 13.2 Å². The highest BCUT2D eigenvalue weighted by Gasteiger charge is 2.12. The Morgan fingerprint density at radius 3 is 2.32 bits per heavy atom. The zero-order chi connectivity index (χ0) is 17.6. The van der Waals surface area contributed by atoms with Gasteiger partial charge >= 0.3 is 0 Å². The molecule has 0 unspecified atom stereocenters. The number of anilines is 2. The van der Waals surface area contributed by atoms with Crippen molar-refractivity contribution in [3.63, 3.8) is 0 Å². The van der Waals surface area contributed by atoms with Crippen molar-refractivity contribution in [2.45, 2.75) is 12.8 Å². The predicted octanol–water partition coefficient (Wildman–Crippen LogP) is 4.40. The van der Waals surface area contributed by atoms with E-state index in [4.69, 9.17) is 27.9 Å². The summed E-state index contributed by atoms with van der Waals surface area (Å²) >= 11 is 12.3. The van der Waals surface area contributed by atoms with Gasteiger partial charge in [-0.1, -0.05) is 29.3 Å². The second-order valence-corrected chi connectivity index (χ2v) is 6.71. The molecule has 4 nitrogen and oxygen atoms in total. The van der Waals surface area contributed by atoms with E-state index in [1.54, 1.807) is 18.2 Å². The molecule has 0 radical (unpaired) electrons. The third-order valence-electron chi connectivity index (χ3n) is 4.19. The molecule has 2 aromatic carbocycles. The topological polar surface area (TPSA) is 41.6 Å². The molecule has 1 amide bonds. The van der Waals surface area contributed by atoms with Crippen LogP contribution in [-0.2, 0) is 16.0 Å². The number of morpholine rings is 1. The van der Waals surface area contributed by atoms with Gasteiger partial charge in [0, 0.05) is 40.9 Å². The lowest BCUT2D eigenvalue weighted by Crippen LogP contribution is -2.36. The summed E-state index contributed by atoms with van der Waals surface area (Å²) in [6.07, 6.45) is 0.838. The summed E-state index contributed by atoms with van der Waals surface area (Å²) < 4.78 is 5.36. The number of hydrogen-bond acceptors (Lipinski definition) is 3. The van der Waals surface area contributed by atoms with Gasteiger partial charge in [-0.25, -0.2) is 0 Å². The van der Waals surface area contributed by atoms with Crippen molar-refractivity contribution in [3.05, 3.63) is 58.1 Å². The van der Waals surface area contributed by atoms with E-state index >= 15 is 0 Å². The van der Waals surface area contributed by atoms with Crippen LogP contribution in [0.25, 0.3) is 0 Å². The molecule has 1 N–H and O–H groups in total. The highest BCUT2D eigenvalue weighted by molar-refractivity contribution is 6.36. The fourth-order valence-corrected chi connectivity index (χ4v) is 3.40. The molecule has 1 aliphatic heterocycles. The van der Waals surface area contributed by atoms with Crippen LogP contribution in [0.15, 0.2) is 42.5 Å². The van der Waals surface area contributed by atoms with Gasteiger partial charge in [0.25, 0.3) is 0 Å². The van der Waals surface area contributed by atoms with Crippen LogP contribution in [-0.4, -0.2) is 32.2 Å². The van der Waals surface area contributed by atoms with Crippen molar-refractivity contribution < 1.29 is 9.53 Å². The lowest BCUT2D eigenvalue weighted by atomic mass is 10.1. The number of carbonyl (C=O) groups is 1. The average Bonchev–Trinajstić information content (AvgIpc) is 2.63. The van der Waals surface area contributed by atoms with E-state index in [1.807, 2.05) is 24.3 Å². The van der Waals surface area contributed by atoms with Crippen LogP contribution in [0.3, 0.4) is 0 Å². The predicted molar refractivity (Wildman–Crippen MR) is 103 cm³/mol. The van der Waals surface area contributed by atoms with Crippen LogP contribution in [0, 0.1) is 0 Å². The first-order valence-corrected chi connectivity index (χ1v) is 9.04. The van der Waals surface area contributed by atoms with Gasteiger partial charge in [0.15, 0.2) is 0 Å². The van der Waals surface area contributed by atoms with E-state index in [0.29, 0.717) is 22.9 Å². The van der Waals surface area contributed by atoms with Gasteiger partial charge in [-0.2, -0.15) is 0 Å². The number of hydrogen-bond donors (Lipinski definition) is 1. The average molecular weight is 379 g/mol. The summed E-state index contributed by atoms with van der Waals surface area (Å²) in [5, 5.41) is 4.10. The molecule has 0 atom stereocenters. The molecule has 2 aromatic rings. The largest absolute Gasteiger partial charge is 0.378 e. The fraction of sp³-hybridized carbons (Fsp3) is 0.316. The Morgan fingerprint density at radius 2 is 1.68 bits per heavy atom. The Balaban J connectivity index is 1.54. The van der Waals surface area contributed by atoms with Crippen molar-refractivity contribution >= 4 is 40.5 Å². The quantitative estimate of drug-likeness (QED) is 0.837. The number of nitrogens with zero attached hydrogens (tertiary/aromatic N) is 1. The number of carbonyl (C=O) groups excluding carboxylic acids is 1. The molecular weight excluding hydrogens is 359 g/mol. The van der Waals surface area contributed by atoms with Gasteiger partial charge in [0.2, 0.25) is 5.91 Å². The molecule has 25 heavy (non-hydrogen) atoms. The van der Waals surface area contributed by atoms with Gasteiger partial charge in [-0.15, -0.1) is 0 Å². The summed E-state index contributed by atoms with van der Waals surface area (Å²) in [5.41, 5.74) is 2.74. The highest BCUT2D eigenvalue weighted by Crippen LogP contribution is 2.25. The number of rotatable bonds is 5. The number of halogens is 2. The highest BCUT2D eigenvalue weighted by atomic mass is 35.5. The molecule has 1 saturated heterocycles. The summed E-state index contributed by atoms with van der Waals surface area (Å²) in [4.78, 5) is 14.4. The van der Waals surface area contributed by atoms with Gasteiger partial charge in [-0.05, 0) is 48.4 Å². The Labute approximate surface area is 157 Å². The van der Waals surface area contributed by atoms with Gasteiger partial charge in [0.1, 0.15) is 0 Å². The minimum absolute atomic E-state index is 0.0601. The third-order valence-corrected chi connectivity index (χ3v) is 4.90. The number of benzene rings is 2. The Bertz CT molecular complexity index is 708. The molecular formula is C19H20Cl2N2O2. The van der Waals surface area contributed by atoms with E-state index in [9.17, 15) is 4.79 Å². The summed E-state index contributed by atoms with van der Waals surface area (Å²) in [5.74, 6) is -0.0601. The molecule has 0 saturated carbocycles. The minimum Gasteiger partial charge on any atom is -0.378 e. The number of ether oxygens (including phenoxy) is 1. The molecule has 0 spiro atoms. The van der Waals surface area contributed by atoms with E-state index in [1.165, 1.54) is 0 Å². The lowest BCUT2D eigenvalue weighted by molar-refractivity contribution is -0.116. The van der Waals surface area contributed by atoms with Crippen LogP contribution in [0.4, 0.5) is 11.4 Å². The summed E-state index contributed by atoms with van der Waals surface area (Å²) in [6, 6.07) is 13.2. The van der Waals surface area contributed by atoms with Crippen molar-refractivity contribution in [1.82, 2.24) is 0 Å². The second kappa shape index (κ2) is 8.56. The normalized spacial score (nSPS) is 14.4. The van der Waals surface area contributed by atoms with Crippen molar-refractivity contribution in [2.75, 3.05) is 36.5 Å². The summed E-state index contributed by atoms with van der Waals surface area (Å²) in [7, 11) is 0. The fourth-order valence-electron chi connectivity index (χ4n) is 2.81. The van der Waals surface area contributed by atoms with Crippen LogP contribution in [0.1, 0.15) is 12.0 Å². The first-order chi connectivity index (χ1) is 12.1. The maximum Gasteiger partial charge on any atom is 0.224 e. The molecule has 132 valence electrons. The molecule has 0 aliphatic carbocycles. The standard InChI is InChI=1S/C19H20Cl2N2O2/c20-17-2-1-3-18(21)16(17)8-9-19(24)22-14-4-6-15(7-5-14)23-10-12-25-13-11-23/h1-7H,8-13H2,(H,22,24). The number of amides is 1. The van der Waals surface area contributed by atoms with Crippen molar-refractivity contribution in [1.29, 1.82) is 0 Å².